The molecule has 1 rings (SSSR count). The summed E-state index contributed by atoms with van der Waals surface area (Å²) < 4.78 is 0. The molecule has 1 saturated heterocycles. The Morgan fingerprint density at radius 2 is 2.17 bits per heavy atom. The smallest absolute Gasteiger partial charge is 0.0246 e. The van der Waals surface area contributed by atoms with E-state index in [0.29, 0.717) is 12.1 Å². The molecule has 72 valence electrons. The number of likely N-dealkylation sites (tertiary alicyclic amines) is 1. The molecule has 0 spiro atoms. The molecule has 1 aliphatic heterocycles. The summed E-state index contributed by atoms with van der Waals surface area (Å²) >= 11 is 0. The lowest BCUT2D eigenvalue weighted by atomic mass is 9.95. The molecule has 2 unspecified atom stereocenters. The van der Waals surface area contributed by atoms with Crippen molar-refractivity contribution in [3.05, 3.63) is 0 Å². The summed E-state index contributed by atoms with van der Waals surface area (Å²) in [5.41, 5.74) is 6.07. The first kappa shape index (κ1) is 10.0. The average Bonchev–Trinajstić information content (AvgIpc) is 2.16. The molecule has 0 bridgehead atoms. The fraction of sp³-hybridized carbons (Fsp3) is 1.00. The number of hydrogen-bond donors (Lipinski definition) is 1. The maximum absolute atomic E-state index is 6.07. The van der Waals surface area contributed by atoms with Crippen molar-refractivity contribution in [1.29, 1.82) is 0 Å². The second kappa shape index (κ2) is 4.83. The first-order chi connectivity index (χ1) is 5.79. The minimum absolute atomic E-state index is 0.394. The van der Waals surface area contributed by atoms with Gasteiger partial charge in [0.15, 0.2) is 0 Å². The van der Waals surface area contributed by atoms with E-state index >= 15 is 0 Å². The predicted molar refractivity (Wildman–Crippen MR) is 53.2 cm³/mol. The lowest BCUT2D eigenvalue weighted by Gasteiger charge is -2.38. The van der Waals surface area contributed by atoms with E-state index in [0.717, 1.165) is 6.42 Å². The van der Waals surface area contributed by atoms with Crippen LogP contribution in [0.5, 0.6) is 0 Å². The number of rotatable bonds is 3. The third-order valence-electron chi connectivity index (χ3n) is 3.04. The molecule has 2 nitrogen and oxygen atoms in total. The average molecular weight is 170 g/mol. The second-order valence-corrected chi connectivity index (χ2v) is 3.76. The zero-order valence-electron chi connectivity index (χ0n) is 8.42. The number of nitrogens with two attached hydrogens (primary N) is 1. The van der Waals surface area contributed by atoms with Gasteiger partial charge in [-0.05, 0) is 32.4 Å². The molecule has 0 saturated carbocycles. The fourth-order valence-electron chi connectivity index (χ4n) is 2.17. The van der Waals surface area contributed by atoms with Gasteiger partial charge in [-0.25, -0.2) is 0 Å². The van der Waals surface area contributed by atoms with Crippen molar-refractivity contribution in [3.8, 4) is 0 Å². The molecular formula is C10H22N2. The van der Waals surface area contributed by atoms with Crippen LogP contribution in [0.25, 0.3) is 0 Å². The van der Waals surface area contributed by atoms with Crippen molar-refractivity contribution in [2.75, 3.05) is 13.1 Å². The van der Waals surface area contributed by atoms with Gasteiger partial charge in [0.2, 0.25) is 0 Å². The molecule has 0 aromatic carbocycles. The van der Waals surface area contributed by atoms with E-state index in [2.05, 4.69) is 18.7 Å². The van der Waals surface area contributed by atoms with Crippen LogP contribution in [0.2, 0.25) is 0 Å². The highest BCUT2D eigenvalue weighted by Crippen LogP contribution is 2.19. The van der Waals surface area contributed by atoms with E-state index < -0.39 is 0 Å². The topological polar surface area (TPSA) is 29.3 Å². The Balaban J connectivity index is 2.46. The fourth-order valence-corrected chi connectivity index (χ4v) is 2.17. The van der Waals surface area contributed by atoms with Gasteiger partial charge in [0, 0.05) is 12.1 Å². The van der Waals surface area contributed by atoms with E-state index in [1.807, 2.05) is 0 Å². The summed E-state index contributed by atoms with van der Waals surface area (Å²) in [6, 6.07) is 1.05. The highest BCUT2D eigenvalue weighted by molar-refractivity contribution is 4.83. The van der Waals surface area contributed by atoms with Crippen LogP contribution < -0.4 is 5.73 Å². The zero-order valence-corrected chi connectivity index (χ0v) is 8.42. The van der Waals surface area contributed by atoms with Crippen LogP contribution in [-0.4, -0.2) is 30.1 Å². The van der Waals surface area contributed by atoms with E-state index in [-0.39, 0.29) is 0 Å². The highest BCUT2D eigenvalue weighted by atomic mass is 15.2. The maximum Gasteiger partial charge on any atom is 0.0246 e. The molecule has 1 fully saturated rings. The Bertz CT molecular complexity index is 125. The van der Waals surface area contributed by atoms with Crippen molar-refractivity contribution < 1.29 is 0 Å². The van der Waals surface area contributed by atoms with Crippen LogP contribution in [-0.2, 0) is 0 Å². The molecule has 0 aromatic heterocycles. The van der Waals surface area contributed by atoms with Crippen LogP contribution >= 0.6 is 0 Å². The van der Waals surface area contributed by atoms with E-state index in [1.165, 1.54) is 32.4 Å². The van der Waals surface area contributed by atoms with Gasteiger partial charge in [-0.2, -0.15) is 0 Å². The van der Waals surface area contributed by atoms with E-state index in [4.69, 9.17) is 5.73 Å². The summed E-state index contributed by atoms with van der Waals surface area (Å²) in [5, 5.41) is 0. The standard InChI is InChI=1S/C10H22N2/c1-3-9(11)10-7-5-6-8-12(10)4-2/h9-10H,3-8,11H2,1-2H3. The Hall–Kier alpha value is -0.0800. The van der Waals surface area contributed by atoms with Gasteiger partial charge in [-0.15, -0.1) is 0 Å². The van der Waals surface area contributed by atoms with Gasteiger partial charge >= 0.3 is 0 Å². The molecule has 0 radical (unpaired) electrons. The van der Waals surface area contributed by atoms with Crippen molar-refractivity contribution >= 4 is 0 Å². The number of piperidine rings is 1. The molecule has 12 heavy (non-hydrogen) atoms. The third-order valence-corrected chi connectivity index (χ3v) is 3.04. The van der Waals surface area contributed by atoms with Gasteiger partial charge < -0.3 is 5.73 Å². The molecule has 1 heterocycles. The quantitative estimate of drug-likeness (QED) is 0.697. The van der Waals surface area contributed by atoms with Crippen molar-refractivity contribution in [2.45, 2.75) is 51.6 Å². The second-order valence-electron chi connectivity index (χ2n) is 3.76. The summed E-state index contributed by atoms with van der Waals surface area (Å²) in [4.78, 5) is 2.54. The van der Waals surface area contributed by atoms with Crippen LogP contribution in [0.15, 0.2) is 0 Å². The molecule has 2 N–H and O–H groups in total. The highest BCUT2D eigenvalue weighted by Gasteiger charge is 2.24. The van der Waals surface area contributed by atoms with Crippen LogP contribution in [0.1, 0.15) is 39.5 Å². The Morgan fingerprint density at radius 3 is 2.75 bits per heavy atom. The third kappa shape index (κ3) is 2.20. The number of nitrogens with zero attached hydrogens (tertiary/aromatic N) is 1. The first-order valence-corrected chi connectivity index (χ1v) is 5.29. The lowest BCUT2D eigenvalue weighted by molar-refractivity contribution is 0.132. The van der Waals surface area contributed by atoms with Crippen molar-refractivity contribution in [3.63, 3.8) is 0 Å². The van der Waals surface area contributed by atoms with Gasteiger partial charge in [-0.3, -0.25) is 4.90 Å². The summed E-state index contributed by atoms with van der Waals surface area (Å²) in [7, 11) is 0. The summed E-state index contributed by atoms with van der Waals surface area (Å²) in [6.45, 7) is 6.85. The van der Waals surface area contributed by atoms with Crippen LogP contribution in [0.4, 0.5) is 0 Å². The first-order valence-electron chi connectivity index (χ1n) is 5.29. The minimum Gasteiger partial charge on any atom is -0.326 e. The van der Waals surface area contributed by atoms with Gasteiger partial charge in [0.25, 0.3) is 0 Å². The Kier molecular flexibility index (Phi) is 4.02. The number of hydrogen-bond acceptors (Lipinski definition) is 2. The molecule has 0 aromatic rings. The van der Waals surface area contributed by atoms with Crippen molar-refractivity contribution in [1.82, 2.24) is 4.90 Å². The van der Waals surface area contributed by atoms with Crippen LogP contribution in [0, 0.1) is 0 Å². The van der Waals surface area contributed by atoms with Gasteiger partial charge in [-0.1, -0.05) is 20.3 Å². The molecule has 0 amide bonds. The maximum atomic E-state index is 6.07. The lowest BCUT2D eigenvalue weighted by Crippen LogP contribution is -2.49. The summed E-state index contributed by atoms with van der Waals surface area (Å²) in [6.07, 6.45) is 5.15. The normalized spacial score (nSPS) is 28.8. The number of likely N-dealkylation sites (N-methyl/N-ethyl adjacent to an activating group) is 1. The molecule has 2 heteroatoms. The van der Waals surface area contributed by atoms with Gasteiger partial charge in [0.05, 0.1) is 0 Å². The van der Waals surface area contributed by atoms with E-state index in [1.54, 1.807) is 0 Å². The molecular weight excluding hydrogens is 148 g/mol. The molecule has 1 aliphatic rings. The van der Waals surface area contributed by atoms with E-state index in [9.17, 15) is 0 Å². The monoisotopic (exact) mass is 170 g/mol. The zero-order chi connectivity index (χ0) is 8.97. The Labute approximate surface area is 76.1 Å². The SMILES string of the molecule is CCC(N)C1CCCCN1CC. The molecule has 2 atom stereocenters. The molecule has 0 aliphatic carbocycles. The summed E-state index contributed by atoms with van der Waals surface area (Å²) in [5.74, 6) is 0. The van der Waals surface area contributed by atoms with Crippen LogP contribution in [0.3, 0.4) is 0 Å². The van der Waals surface area contributed by atoms with Crippen molar-refractivity contribution in [2.24, 2.45) is 5.73 Å². The predicted octanol–water partition coefficient (Wildman–Crippen LogP) is 1.60. The largest absolute Gasteiger partial charge is 0.326 e. The van der Waals surface area contributed by atoms with Gasteiger partial charge in [0.1, 0.15) is 0 Å². The minimum atomic E-state index is 0.394. The Morgan fingerprint density at radius 1 is 1.42 bits per heavy atom.